The van der Waals surface area contributed by atoms with E-state index in [1.54, 1.807) is 0 Å². The summed E-state index contributed by atoms with van der Waals surface area (Å²) in [5.74, 6) is 6.06. The number of carboxylic acid groups (broad SMARTS) is 1. The summed E-state index contributed by atoms with van der Waals surface area (Å²) in [6, 6.07) is 0. The van der Waals surface area contributed by atoms with Crippen LogP contribution in [0.25, 0.3) is 0 Å². The number of rotatable bonds is 2. The van der Waals surface area contributed by atoms with E-state index in [1.807, 2.05) is 5.92 Å². The minimum absolute atomic E-state index is 0.118. The molecule has 0 unspecified atom stereocenters. The van der Waals surface area contributed by atoms with Gasteiger partial charge in [-0.3, -0.25) is 0 Å². The highest BCUT2D eigenvalue weighted by molar-refractivity contribution is 6.83. The predicted octanol–water partition coefficient (Wildman–Crippen LogP) is 0.972. The van der Waals surface area contributed by atoms with Crippen molar-refractivity contribution in [3.8, 4) is 23.3 Å². The summed E-state index contributed by atoms with van der Waals surface area (Å²) in [7, 11) is -1.31. The molecular formula is C10H14O3Si. The van der Waals surface area contributed by atoms with E-state index in [0.717, 1.165) is 0 Å². The van der Waals surface area contributed by atoms with Gasteiger partial charge in [0.25, 0.3) is 0 Å². The van der Waals surface area contributed by atoms with Crippen LogP contribution in [0.5, 0.6) is 0 Å². The Morgan fingerprint density at radius 2 is 1.86 bits per heavy atom. The summed E-state index contributed by atoms with van der Waals surface area (Å²) in [5.41, 5.74) is 3.12. The van der Waals surface area contributed by atoms with Crippen molar-refractivity contribution in [1.82, 2.24) is 0 Å². The van der Waals surface area contributed by atoms with Gasteiger partial charge in [-0.1, -0.05) is 31.5 Å². The lowest BCUT2D eigenvalue weighted by Gasteiger charge is -2.02. The van der Waals surface area contributed by atoms with Gasteiger partial charge in [0, 0.05) is 5.92 Å². The molecular weight excluding hydrogens is 196 g/mol. The van der Waals surface area contributed by atoms with Crippen molar-refractivity contribution in [3.63, 3.8) is 0 Å². The molecule has 14 heavy (non-hydrogen) atoms. The van der Waals surface area contributed by atoms with Crippen LogP contribution < -0.4 is 0 Å². The third-order valence-corrected chi connectivity index (χ3v) is 1.93. The molecule has 0 amide bonds. The first-order valence-electron chi connectivity index (χ1n) is 4.21. The number of carbonyl (C=O) groups is 1. The van der Waals surface area contributed by atoms with E-state index >= 15 is 0 Å². The molecule has 1 N–H and O–H groups in total. The Bertz CT molecular complexity index is 306. The average Bonchev–Trinajstić information content (AvgIpc) is 2.00. The van der Waals surface area contributed by atoms with Crippen LogP contribution in [-0.2, 0) is 9.53 Å². The lowest BCUT2D eigenvalue weighted by Crippen LogP contribution is -2.16. The van der Waals surface area contributed by atoms with Gasteiger partial charge in [-0.15, -0.1) is 5.54 Å². The second-order valence-electron chi connectivity index (χ2n) is 3.65. The van der Waals surface area contributed by atoms with Crippen molar-refractivity contribution in [3.05, 3.63) is 0 Å². The molecule has 3 nitrogen and oxygen atoms in total. The molecule has 0 atom stereocenters. The molecule has 0 aromatic heterocycles. The predicted molar refractivity (Wildman–Crippen MR) is 57.4 cm³/mol. The Kier molecular flexibility index (Phi) is 5.70. The third kappa shape index (κ3) is 10.8. The van der Waals surface area contributed by atoms with Crippen LogP contribution in [0.1, 0.15) is 0 Å². The molecule has 0 aromatic rings. The van der Waals surface area contributed by atoms with Gasteiger partial charge in [0.15, 0.2) is 0 Å². The summed E-state index contributed by atoms with van der Waals surface area (Å²) >= 11 is 0. The number of hydrogen-bond donors (Lipinski definition) is 1. The molecule has 4 heteroatoms. The summed E-state index contributed by atoms with van der Waals surface area (Å²) in [6.07, 6.45) is 0. The zero-order valence-electron chi connectivity index (χ0n) is 8.68. The monoisotopic (exact) mass is 210 g/mol. The molecule has 0 rings (SSSR count). The molecule has 0 fully saturated rings. The first-order valence-corrected chi connectivity index (χ1v) is 7.71. The normalized spacial score (nSPS) is 9.36. The molecule has 0 aliphatic heterocycles. The van der Waals surface area contributed by atoms with Crippen LogP contribution in [0, 0.1) is 23.3 Å². The molecule has 0 saturated heterocycles. The van der Waals surface area contributed by atoms with Gasteiger partial charge in [-0.25, -0.2) is 4.79 Å². The smallest absolute Gasteiger partial charge is 0.381 e. The highest BCUT2D eigenvalue weighted by Gasteiger charge is 2.06. The topological polar surface area (TPSA) is 46.5 Å². The van der Waals surface area contributed by atoms with E-state index in [2.05, 4.69) is 37.0 Å². The van der Waals surface area contributed by atoms with E-state index in [-0.39, 0.29) is 6.61 Å². The molecule has 0 aliphatic carbocycles. The van der Waals surface area contributed by atoms with Crippen LogP contribution in [0.3, 0.4) is 0 Å². The molecule has 0 heterocycles. The van der Waals surface area contributed by atoms with Gasteiger partial charge in [0.2, 0.25) is 0 Å². The number of ether oxygens (including phenoxy) is 1. The van der Waals surface area contributed by atoms with Gasteiger partial charge in [0.1, 0.15) is 21.3 Å². The van der Waals surface area contributed by atoms with E-state index in [1.165, 1.54) is 0 Å². The Hall–Kier alpha value is -1.23. The second kappa shape index (κ2) is 6.26. The zero-order chi connectivity index (χ0) is 11.0. The van der Waals surface area contributed by atoms with E-state index in [4.69, 9.17) is 9.84 Å². The Morgan fingerprint density at radius 1 is 1.29 bits per heavy atom. The minimum atomic E-state index is -1.31. The van der Waals surface area contributed by atoms with Crippen LogP contribution >= 0.6 is 0 Å². The van der Waals surface area contributed by atoms with Gasteiger partial charge in [-0.05, 0) is 0 Å². The maximum Gasteiger partial charge on any atom is 0.381 e. The lowest BCUT2D eigenvalue weighted by molar-refractivity contribution is -0.130. The van der Waals surface area contributed by atoms with Crippen molar-refractivity contribution >= 4 is 14.0 Å². The van der Waals surface area contributed by atoms with Gasteiger partial charge in [0.05, 0.1) is 0 Å². The standard InChI is InChI=1S/C10H14O3Si/c1-14(2,3)9-5-8-13-7-4-6-10(11)12/h7-8H2,1-3H3,(H,11,12). The Balaban J connectivity index is 3.62. The first kappa shape index (κ1) is 12.8. The van der Waals surface area contributed by atoms with Crippen molar-refractivity contribution in [2.24, 2.45) is 0 Å². The first-order chi connectivity index (χ1) is 6.42. The van der Waals surface area contributed by atoms with E-state index < -0.39 is 14.0 Å². The number of hydrogen-bond acceptors (Lipinski definition) is 2. The zero-order valence-corrected chi connectivity index (χ0v) is 9.68. The maximum atomic E-state index is 9.97. The fraction of sp³-hybridized carbons (Fsp3) is 0.500. The molecule has 0 aliphatic rings. The fourth-order valence-corrected chi connectivity index (χ4v) is 1.17. The summed E-state index contributed by atoms with van der Waals surface area (Å²) < 4.78 is 4.99. The molecule has 76 valence electrons. The lowest BCUT2D eigenvalue weighted by atomic mass is 10.6. The van der Waals surface area contributed by atoms with Gasteiger partial charge >= 0.3 is 5.97 Å². The Labute approximate surface area is 85.5 Å². The highest BCUT2D eigenvalue weighted by atomic mass is 28.3. The quantitative estimate of drug-likeness (QED) is 0.420. The third-order valence-electron chi connectivity index (χ3n) is 1.01. The summed E-state index contributed by atoms with van der Waals surface area (Å²) in [4.78, 5) is 9.97. The minimum Gasteiger partial charge on any atom is -0.472 e. The largest absolute Gasteiger partial charge is 0.472 e. The molecule has 0 aromatic carbocycles. The van der Waals surface area contributed by atoms with Crippen LogP contribution in [0.4, 0.5) is 0 Å². The van der Waals surface area contributed by atoms with E-state index in [9.17, 15) is 4.79 Å². The SMILES string of the molecule is C[Si](C)(C)C#CCOCC#CC(=O)O. The maximum absolute atomic E-state index is 9.97. The van der Waals surface area contributed by atoms with Gasteiger partial charge in [-0.2, -0.15) is 0 Å². The average molecular weight is 210 g/mol. The van der Waals surface area contributed by atoms with Crippen LogP contribution in [0.2, 0.25) is 19.6 Å². The van der Waals surface area contributed by atoms with Crippen molar-refractivity contribution in [1.29, 1.82) is 0 Å². The summed E-state index contributed by atoms with van der Waals surface area (Å²) in [5, 5.41) is 8.17. The van der Waals surface area contributed by atoms with Crippen molar-refractivity contribution < 1.29 is 14.6 Å². The number of carboxylic acids is 1. The highest BCUT2D eigenvalue weighted by Crippen LogP contribution is 1.95. The molecule has 0 saturated carbocycles. The molecule has 0 bridgehead atoms. The van der Waals surface area contributed by atoms with E-state index in [0.29, 0.717) is 6.61 Å². The summed E-state index contributed by atoms with van der Waals surface area (Å²) in [6.45, 7) is 6.87. The fourth-order valence-electron chi connectivity index (χ4n) is 0.566. The molecule has 0 spiro atoms. The van der Waals surface area contributed by atoms with Gasteiger partial charge < -0.3 is 9.84 Å². The number of aliphatic carboxylic acids is 1. The Morgan fingerprint density at radius 3 is 2.36 bits per heavy atom. The second-order valence-corrected chi connectivity index (χ2v) is 8.40. The molecule has 0 radical (unpaired) electrons. The van der Waals surface area contributed by atoms with Crippen LogP contribution in [-0.4, -0.2) is 32.4 Å². The van der Waals surface area contributed by atoms with Crippen molar-refractivity contribution in [2.45, 2.75) is 19.6 Å². The van der Waals surface area contributed by atoms with Crippen LogP contribution in [0.15, 0.2) is 0 Å². The van der Waals surface area contributed by atoms with Crippen molar-refractivity contribution in [2.75, 3.05) is 13.2 Å².